The van der Waals surface area contributed by atoms with Gasteiger partial charge >= 0.3 is 0 Å². The Labute approximate surface area is 197 Å². The van der Waals surface area contributed by atoms with Crippen LogP contribution in [0, 0.1) is 13.8 Å². The smallest absolute Gasteiger partial charge is 0.0799 e. The number of nitrogens with one attached hydrogen (secondary N) is 1. The molecule has 33 heavy (non-hydrogen) atoms. The van der Waals surface area contributed by atoms with E-state index in [9.17, 15) is 0 Å². The molecule has 0 aliphatic carbocycles. The number of hydrogen-bond donors (Lipinski definition) is 1. The molecule has 1 aromatic carbocycles. The number of benzene rings is 1. The van der Waals surface area contributed by atoms with Crippen LogP contribution in [0.1, 0.15) is 30.8 Å². The molecule has 0 unspecified atom stereocenters. The molecule has 2 aliphatic heterocycles. The molecule has 2 saturated heterocycles. The van der Waals surface area contributed by atoms with E-state index >= 15 is 0 Å². The van der Waals surface area contributed by atoms with Crippen LogP contribution in [-0.2, 0) is 11.3 Å². The van der Waals surface area contributed by atoms with Crippen molar-refractivity contribution in [3.05, 3.63) is 47.3 Å². The Morgan fingerprint density at radius 1 is 0.970 bits per heavy atom. The van der Waals surface area contributed by atoms with Crippen LogP contribution < -0.4 is 4.90 Å². The van der Waals surface area contributed by atoms with Gasteiger partial charge in [-0.3, -0.25) is 14.8 Å². The van der Waals surface area contributed by atoms with E-state index in [1.54, 1.807) is 0 Å². The van der Waals surface area contributed by atoms with Gasteiger partial charge in [-0.25, -0.2) is 0 Å². The van der Waals surface area contributed by atoms with E-state index in [1.165, 1.54) is 33.4 Å². The van der Waals surface area contributed by atoms with Crippen molar-refractivity contribution >= 4 is 16.6 Å². The number of nitrogens with zero attached hydrogens (tertiary/aromatic N) is 4. The van der Waals surface area contributed by atoms with Crippen LogP contribution in [-0.4, -0.2) is 78.3 Å². The van der Waals surface area contributed by atoms with Gasteiger partial charge in [0.25, 0.3) is 0 Å². The lowest BCUT2D eigenvalue weighted by Crippen LogP contribution is -2.48. The number of aromatic amines is 1. The largest absolute Gasteiger partial charge is 0.379 e. The average molecular weight is 448 g/mol. The fourth-order valence-corrected chi connectivity index (χ4v) is 5.12. The Morgan fingerprint density at radius 3 is 2.33 bits per heavy atom. The van der Waals surface area contributed by atoms with Crippen molar-refractivity contribution in [2.45, 2.75) is 40.3 Å². The van der Waals surface area contributed by atoms with E-state index in [0.29, 0.717) is 6.04 Å². The van der Waals surface area contributed by atoms with Gasteiger partial charge < -0.3 is 14.6 Å². The maximum Gasteiger partial charge on any atom is 0.0799 e. The molecule has 0 atom stereocenters. The van der Waals surface area contributed by atoms with Crippen LogP contribution in [0.5, 0.6) is 0 Å². The first-order chi connectivity index (χ1) is 16.0. The predicted octanol–water partition coefficient (Wildman–Crippen LogP) is 4.21. The zero-order chi connectivity index (χ0) is 22.9. The molecular formula is C27H37N5O. The molecule has 0 amide bonds. The number of piperazine rings is 1. The molecule has 6 heteroatoms. The summed E-state index contributed by atoms with van der Waals surface area (Å²) < 4.78 is 5.51. The van der Waals surface area contributed by atoms with E-state index in [1.807, 2.05) is 0 Å². The summed E-state index contributed by atoms with van der Waals surface area (Å²) >= 11 is 0. The number of rotatable bonds is 5. The molecule has 5 rings (SSSR count). The van der Waals surface area contributed by atoms with Crippen molar-refractivity contribution in [1.29, 1.82) is 0 Å². The minimum Gasteiger partial charge on any atom is -0.379 e. The fourth-order valence-electron chi connectivity index (χ4n) is 5.12. The second kappa shape index (κ2) is 9.45. The Hall–Kier alpha value is -2.41. The van der Waals surface area contributed by atoms with Crippen LogP contribution in [0.15, 0.2) is 30.3 Å². The van der Waals surface area contributed by atoms with Crippen molar-refractivity contribution in [3.63, 3.8) is 0 Å². The standard InChI is InChI=1S/C27H37N5O/c1-19(2)31-9-11-32(12-10-31)24-7-5-22(6-8-24)27-25-17-23(18-30-13-15-33-16-14-30)29-26(25)20(3)21(4)28-27/h5-8,17,19,29H,9-16,18H2,1-4H3. The van der Waals surface area contributed by atoms with Gasteiger partial charge in [0, 0.05) is 79.9 Å². The Morgan fingerprint density at radius 2 is 1.67 bits per heavy atom. The highest BCUT2D eigenvalue weighted by atomic mass is 16.5. The van der Waals surface area contributed by atoms with Crippen LogP contribution in [0.3, 0.4) is 0 Å². The molecule has 2 fully saturated rings. The number of pyridine rings is 1. The first kappa shape index (κ1) is 22.4. The second-order valence-corrected chi connectivity index (χ2v) is 9.81. The number of aromatic nitrogens is 2. The summed E-state index contributed by atoms with van der Waals surface area (Å²) in [4.78, 5) is 16.2. The first-order valence-corrected chi connectivity index (χ1v) is 12.4. The maximum absolute atomic E-state index is 5.51. The molecule has 1 N–H and O–H groups in total. The highest BCUT2D eigenvalue weighted by molar-refractivity contribution is 5.95. The van der Waals surface area contributed by atoms with Gasteiger partial charge in [0.15, 0.2) is 0 Å². The monoisotopic (exact) mass is 447 g/mol. The van der Waals surface area contributed by atoms with E-state index in [4.69, 9.17) is 9.72 Å². The molecule has 0 spiro atoms. The zero-order valence-corrected chi connectivity index (χ0v) is 20.5. The molecule has 2 aromatic heterocycles. The Balaban J connectivity index is 1.40. The highest BCUT2D eigenvalue weighted by Crippen LogP contribution is 2.32. The Kier molecular flexibility index (Phi) is 6.41. The summed E-state index contributed by atoms with van der Waals surface area (Å²) in [5.74, 6) is 0. The molecular weight excluding hydrogens is 410 g/mol. The molecule has 0 saturated carbocycles. The highest BCUT2D eigenvalue weighted by Gasteiger charge is 2.20. The van der Waals surface area contributed by atoms with Gasteiger partial charge in [0.2, 0.25) is 0 Å². The van der Waals surface area contributed by atoms with E-state index in [-0.39, 0.29) is 0 Å². The summed E-state index contributed by atoms with van der Waals surface area (Å²) in [7, 11) is 0. The number of H-pyrrole nitrogens is 1. The Bertz CT molecular complexity index is 1090. The number of morpholine rings is 1. The van der Waals surface area contributed by atoms with Crippen LogP contribution >= 0.6 is 0 Å². The van der Waals surface area contributed by atoms with Crippen molar-refractivity contribution in [1.82, 2.24) is 19.8 Å². The van der Waals surface area contributed by atoms with Crippen molar-refractivity contribution < 1.29 is 4.74 Å². The van der Waals surface area contributed by atoms with Crippen LogP contribution in [0.2, 0.25) is 0 Å². The van der Waals surface area contributed by atoms with Crippen LogP contribution in [0.4, 0.5) is 5.69 Å². The van der Waals surface area contributed by atoms with Gasteiger partial charge in [-0.15, -0.1) is 0 Å². The summed E-state index contributed by atoms with van der Waals surface area (Å²) in [5.41, 5.74) is 8.37. The third-order valence-electron chi connectivity index (χ3n) is 7.37. The molecule has 4 heterocycles. The molecule has 2 aliphatic rings. The quantitative estimate of drug-likeness (QED) is 0.635. The predicted molar refractivity (Wildman–Crippen MR) is 136 cm³/mol. The van der Waals surface area contributed by atoms with E-state index < -0.39 is 0 Å². The topological polar surface area (TPSA) is 47.6 Å². The minimum absolute atomic E-state index is 0.627. The van der Waals surface area contributed by atoms with Gasteiger partial charge in [0.1, 0.15) is 0 Å². The molecule has 0 radical (unpaired) electrons. The van der Waals surface area contributed by atoms with Gasteiger partial charge in [-0.1, -0.05) is 12.1 Å². The lowest BCUT2D eigenvalue weighted by molar-refractivity contribution is 0.0337. The normalized spacial score (nSPS) is 18.5. The van der Waals surface area contributed by atoms with Crippen molar-refractivity contribution in [3.8, 4) is 11.3 Å². The molecule has 176 valence electrons. The minimum atomic E-state index is 0.627. The number of fused-ring (bicyclic) bond motifs is 1. The summed E-state index contributed by atoms with van der Waals surface area (Å²) in [6, 6.07) is 12.0. The second-order valence-electron chi connectivity index (χ2n) is 9.81. The average Bonchev–Trinajstić information content (AvgIpc) is 3.26. The number of aryl methyl sites for hydroxylation is 2. The van der Waals surface area contributed by atoms with Gasteiger partial charge in [0.05, 0.1) is 24.4 Å². The van der Waals surface area contributed by atoms with E-state index in [0.717, 1.165) is 70.4 Å². The summed E-state index contributed by atoms with van der Waals surface area (Å²) in [5, 5.41) is 1.22. The van der Waals surface area contributed by atoms with Crippen molar-refractivity contribution in [2.75, 3.05) is 57.4 Å². The number of anilines is 1. The zero-order valence-electron chi connectivity index (χ0n) is 20.5. The number of hydrogen-bond acceptors (Lipinski definition) is 5. The fraction of sp³-hybridized carbons (Fsp3) is 0.519. The maximum atomic E-state index is 5.51. The molecule has 6 nitrogen and oxygen atoms in total. The van der Waals surface area contributed by atoms with Crippen molar-refractivity contribution in [2.24, 2.45) is 0 Å². The van der Waals surface area contributed by atoms with Crippen LogP contribution in [0.25, 0.3) is 22.2 Å². The molecule has 0 bridgehead atoms. The molecule has 3 aromatic rings. The van der Waals surface area contributed by atoms with Gasteiger partial charge in [-0.2, -0.15) is 0 Å². The summed E-state index contributed by atoms with van der Waals surface area (Å²) in [6.45, 7) is 17.9. The third kappa shape index (κ3) is 4.65. The lowest BCUT2D eigenvalue weighted by Gasteiger charge is -2.38. The first-order valence-electron chi connectivity index (χ1n) is 12.4. The van der Waals surface area contributed by atoms with E-state index in [2.05, 4.69) is 77.7 Å². The SMILES string of the molecule is Cc1nc(-c2ccc(N3CCN(C(C)C)CC3)cc2)c2cc(CN3CCOCC3)[nH]c2c1C. The van der Waals surface area contributed by atoms with Gasteiger partial charge in [-0.05, 0) is 51.5 Å². The lowest BCUT2D eigenvalue weighted by atomic mass is 10.0. The number of ether oxygens (including phenoxy) is 1. The summed E-state index contributed by atoms with van der Waals surface area (Å²) in [6.07, 6.45) is 0. The third-order valence-corrected chi connectivity index (χ3v) is 7.37.